The highest BCUT2D eigenvalue weighted by Crippen LogP contribution is 2.32. The molecule has 0 spiro atoms. The lowest BCUT2D eigenvalue weighted by molar-refractivity contribution is -0.116. The minimum Gasteiger partial charge on any atom is -0.312 e. The summed E-state index contributed by atoms with van der Waals surface area (Å²) < 4.78 is 27.9. The predicted octanol–water partition coefficient (Wildman–Crippen LogP) is 2.94. The van der Waals surface area contributed by atoms with Crippen molar-refractivity contribution in [1.82, 2.24) is 4.31 Å². The molecule has 1 fully saturated rings. The lowest BCUT2D eigenvalue weighted by atomic mass is 10.0. The van der Waals surface area contributed by atoms with Gasteiger partial charge in [-0.25, -0.2) is 8.42 Å². The number of fused-ring (bicyclic) bond motifs is 1. The minimum atomic E-state index is -3.46. The highest BCUT2D eigenvalue weighted by atomic mass is 32.2. The van der Waals surface area contributed by atoms with Gasteiger partial charge in [0.1, 0.15) is 0 Å². The zero-order valence-corrected chi connectivity index (χ0v) is 15.3. The highest BCUT2D eigenvalue weighted by Gasteiger charge is 2.33. The van der Waals surface area contributed by atoms with Crippen LogP contribution in [0.2, 0.25) is 0 Å². The predicted molar refractivity (Wildman–Crippen MR) is 94.6 cm³/mol. The van der Waals surface area contributed by atoms with Gasteiger partial charge < -0.3 is 4.90 Å². The molecule has 5 nitrogen and oxygen atoms in total. The highest BCUT2D eigenvalue weighted by molar-refractivity contribution is 7.89. The molecule has 2 heterocycles. The number of carbonyl (C=O) groups excluding carboxylic acids is 1. The Balaban J connectivity index is 1.96. The maximum atomic E-state index is 13.1. The first kappa shape index (κ1) is 17.4. The Morgan fingerprint density at radius 1 is 1.21 bits per heavy atom. The van der Waals surface area contributed by atoms with Crippen molar-refractivity contribution in [1.29, 1.82) is 0 Å². The molecule has 6 heteroatoms. The molecule has 1 saturated heterocycles. The van der Waals surface area contributed by atoms with Crippen LogP contribution in [0.5, 0.6) is 0 Å². The molecule has 0 bridgehead atoms. The van der Waals surface area contributed by atoms with Crippen LogP contribution in [0.1, 0.15) is 51.5 Å². The van der Waals surface area contributed by atoms with Crippen LogP contribution in [0.25, 0.3) is 0 Å². The second-order valence-electron chi connectivity index (χ2n) is 6.74. The number of benzene rings is 1. The van der Waals surface area contributed by atoms with E-state index in [0.717, 1.165) is 49.8 Å². The van der Waals surface area contributed by atoms with Crippen LogP contribution in [-0.2, 0) is 21.2 Å². The molecule has 1 aromatic carbocycles. The van der Waals surface area contributed by atoms with Crippen LogP contribution in [0, 0.1) is 0 Å². The Hall–Kier alpha value is -1.40. The molecule has 0 saturated carbocycles. The fourth-order valence-corrected chi connectivity index (χ4v) is 5.71. The van der Waals surface area contributed by atoms with E-state index >= 15 is 0 Å². The van der Waals surface area contributed by atoms with Crippen LogP contribution in [0.3, 0.4) is 0 Å². The van der Waals surface area contributed by atoms with Gasteiger partial charge in [0.25, 0.3) is 0 Å². The van der Waals surface area contributed by atoms with Crippen molar-refractivity contribution in [2.24, 2.45) is 0 Å². The number of hydrogen-bond donors (Lipinski definition) is 0. The first-order valence-electron chi connectivity index (χ1n) is 8.88. The van der Waals surface area contributed by atoms with Gasteiger partial charge in [-0.3, -0.25) is 4.79 Å². The lowest BCUT2D eigenvalue weighted by Crippen LogP contribution is -2.43. The maximum Gasteiger partial charge on any atom is 0.243 e. The molecular weight excluding hydrogens is 324 g/mol. The van der Waals surface area contributed by atoms with E-state index in [0.29, 0.717) is 18.0 Å². The zero-order valence-electron chi connectivity index (χ0n) is 14.5. The van der Waals surface area contributed by atoms with Gasteiger partial charge in [-0.2, -0.15) is 4.31 Å². The van der Waals surface area contributed by atoms with Gasteiger partial charge in [0, 0.05) is 31.7 Å². The summed E-state index contributed by atoms with van der Waals surface area (Å²) in [5, 5.41) is 0. The molecule has 2 aliphatic rings. The maximum absolute atomic E-state index is 13.1. The average molecular weight is 350 g/mol. The molecule has 24 heavy (non-hydrogen) atoms. The quantitative estimate of drug-likeness (QED) is 0.842. The number of rotatable bonds is 3. The molecule has 1 atom stereocenters. The van der Waals surface area contributed by atoms with Gasteiger partial charge in [0.15, 0.2) is 0 Å². The van der Waals surface area contributed by atoms with Crippen molar-refractivity contribution in [3.8, 4) is 0 Å². The largest absolute Gasteiger partial charge is 0.312 e. The average Bonchev–Trinajstić information content (AvgIpc) is 2.60. The number of carbonyl (C=O) groups is 1. The Kier molecular flexibility index (Phi) is 4.97. The van der Waals surface area contributed by atoms with Crippen molar-refractivity contribution >= 4 is 21.6 Å². The smallest absolute Gasteiger partial charge is 0.243 e. The number of nitrogens with zero attached hydrogens (tertiary/aromatic N) is 2. The molecule has 0 aromatic heterocycles. The topological polar surface area (TPSA) is 57.7 Å². The summed E-state index contributed by atoms with van der Waals surface area (Å²) in [4.78, 5) is 13.9. The molecule has 0 unspecified atom stereocenters. The second-order valence-corrected chi connectivity index (χ2v) is 8.63. The molecular formula is C18H26N2O3S. The van der Waals surface area contributed by atoms with Gasteiger partial charge >= 0.3 is 0 Å². The molecule has 0 aliphatic carbocycles. The third-order valence-corrected chi connectivity index (χ3v) is 7.15. The number of hydrogen-bond acceptors (Lipinski definition) is 3. The van der Waals surface area contributed by atoms with E-state index in [-0.39, 0.29) is 11.9 Å². The number of piperidine rings is 1. The Morgan fingerprint density at radius 3 is 2.71 bits per heavy atom. The van der Waals surface area contributed by atoms with Gasteiger partial charge in [-0.1, -0.05) is 13.3 Å². The van der Waals surface area contributed by atoms with Crippen molar-refractivity contribution in [3.05, 3.63) is 23.8 Å². The van der Waals surface area contributed by atoms with Crippen molar-refractivity contribution < 1.29 is 13.2 Å². The SMILES string of the molecule is CC[C@@H]1CCCCN1S(=O)(=O)c1ccc2c(c1)CCCN2C(C)=O. The summed E-state index contributed by atoms with van der Waals surface area (Å²) in [6, 6.07) is 5.35. The number of aryl methyl sites for hydroxylation is 1. The van der Waals surface area contributed by atoms with Gasteiger partial charge in [-0.15, -0.1) is 0 Å². The molecule has 0 N–H and O–H groups in total. The van der Waals surface area contributed by atoms with E-state index < -0.39 is 10.0 Å². The zero-order chi connectivity index (χ0) is 17.3. The Bertz CT molecular complexity index is 730. The first-order valence-corrected chi connectivity index (χ1v) is 10.3. The van der Waals surface area contributed by atoms with Crippen LogP contribution >= 0.6 is 0 Å². The standard InChI is InChI=1S/C18H26N2O3S/c1-3-16-8-4-5-12-20(16)24(22,23)17-9-10-18-15(13-17)7-6-11-19(18)14(2)21/h9-10,13,16H,3-8,11-12H2,1-2H3/t16-/m1/s1. The van der Waals surface area contributed by atoms with Crippen LogP contribution < -0.4 is 4.90 Å². The van der Waals surface area contributed by atoms with E-state index in [1.165, 1.54) is 0 Å². The van der Waals surface area contributed by atoms with E-state index in [1.807, 2.05) is 0 Å². The van der Waals surface area contributed by atoms with Crippen LogP contribution in [0.15, 0.2) is 23.1 Å². The molecule has 3 rings (SSSR count). The summed E-state index contributed by atoms with van der Waals surface area (Å²) >= 11 is 0. The summed E-state index contributed by atoms with van der Waals surface area (Å²) in [7, 11) is -3.46. The van der Waals surface area contributed by atoms with E-state index in [4.69, 9.17) is 0 Å². The molecule has 0 radical (unpaired) electrons. The first-order chi connectivity index (χ1) is 11.4. The summed E-state index contributed by atoms with van der Waals surface area (Å²) in [6.45, 7) is 4.92. The third-order valence-electron chi connectivity index (χ3n) is 5.20. The van der Waals surface area contributed by atoms with E-state index in [2.05, 4.69) is 6.92 Å². The van der Waals surface area contributed by atoms with E-state index in [1.54, 1.807) is 34.3 Å². The fourth-order valence-electron chi connectivity index (χ4n) is 3.89. The third kappa shape index (κ3) is 3.09. The lowest BCUT2D eigenvalue weighted by Gasteiger charge is -2.34. The van der Waals surface area contributed by atoms with Crippen LogP contribution in [-0.4, -0.2) is 37.8 Å². The van der Waals surface area contributed by atoms with Crippen molar-refractivity contribution in [2.45, 2.75) is 63.3 Å². The Labute approximate surface area is 144 Å². The monoisotopic (exact) mass is 350 g/mol. The Morgan fingerprint density at radius 2 is 2.00 bits per heavy atom. The van der Waals surface area contributed by atoms with Gasteiger partial charge in [0.2, 0.25) is 15.9 Å². The van der Waals surface area contributed by atoms with Crippen molar-refractivity contribution in [2.75, 3.05) is 18.0 Å². The summed E-state index contributed by atoms with van der Waals surface area (Å²) in [5.41, 5.74) is 1.82. The molecule has 1 aromatic rings. The molecule has 2 aliphatic heterocycles. The number of amides is 1. The van der Waals surface area contributed by atoms with Crippen LogP contribution in [0.4, 0.5) is 5.69 Å². The number of sulfonamides is 1. The normalized spacial score (nSPS) is 22.2. The summed E-state index contributed by atoms with van der Waals surface area (Å²) in [6.07, 6.45) is 5.51. The minimum absolute atomic E-state index is 0.00800. The second kappa shape index (κ2) is 6.84. The number of anilines is 1. The molecule has 1 amide bonds. The fraction of sp³-hybridized carbons (Fsp3) is 0.611. The summed E-state index contributed by atoms with van der Waals surface area (Å²) in [5.74, 6) is 0.00800. The van der Waals surface area contributed by atoms with Gasteiger partial charge in [0.05, 0.1) is 4.90 Å². The van der Waals surface area contributed by atoms with Crippen molar-refractivity contribution in [3.63, 3.8) is 0 Å². The van der Waals surface area contributed by atoms with E-state index in [9.17, 15) is 13.2 Å². The molecule has 132 valence electrons. The van der Waals surface area contributed by atoms with Gasteiger partial charge in [-0.05, 0) is 55.9 Å².